The first kappa shape index (κ1) is 16.8. The number of fused-ring (bicyclic) bond motifs is 2. The molecule has 0 aliphatic rings. The topological polar surface area (TPSA) is 55.1 Å². The highest BCUT2D eigenvalue weighted by atomic mass is 35.5. The summed E-state index contributed by atoms with van der Waals surface area (Å²) in [7, 11) is 0. The Morgan fingerprint density at radius 3 is 2.69 bits per heavy atom. The van der Waals surface area contributed by atoms with Crippen LogP contribution in [0.5, 0.6) is 0 Å². The number of benzene rings is 2. The number of pyridine rings is 1. The van der Waals surface area contributed by atoms with Gasteiger partial charge in [0.2, 0.25) is 0 Å². The third-order valence-electron chi connectivity index (χ3n) is 4.00. The molecule has 3 heterocycles. The van der Waals surface area contributed by atoms with Crippen LogP contribution in [0.2, 0.25) is 10.0 Å². The van der Waals surface area contributed by atoms with Gasteiger partial charge in [-0.15, -0.1) is 0 Å². The normalized spacial score (nSPS) is 11.2. The first-order chi connectivity index (χ1) is 12.4. The fraction of sp³-hybridized carbons (Fsp3) is 0.0526. The molecule has 4 aromatic rings. The van der Waals surface area contributed by atoms with E-state index in [2.05, 4.69) is 10.3 Å². The molecule has 130 valence electrons. The molecule has 26 heavy (non-hydrogen) atoms. The van der Waals surface area contributed by atoms with Crippen LogP contribution in [0.4, 0.5) is 10.1 Å². The Hall–Kier alpha value is -2.63. The number of nitrogens with zero attached hydrogens (tertiary/aromatic N) is 1. The van der Waals surface area contributed by atoms with E-state index in [9.17, 15) is 9.18 Å². The van der Waals surface area contributed by atoms with Crippen molar-refractivity contribution in [3.05, 3.63) is 69.7 Å². The van der Waals surface area contributed by atoms with E-state index < -0.39 is 11.7 Å². The van der Waals surface area contributed by atoms with Gasteiger partial charge in [-0.3, -0.25) is 9.78 Å². The van der Waals surface area contributed by atoms with Crippen LogP contribution in [-0.4, -0.2) is 10.9 Å². The van der Waals surface area contributed by atoms with Crippen LogP contribution in [0.3, 0.4) is 0 Å². The second-order valence-electron chi connectivity index (χ2n) is 5.81. The zero-order valence-electron chi connectivity index (χ0n) is 13.4. The van der Waals surface area contributed by atoms with Gasteiger partial charge in [-0.05, 0) is 42.8 Å². The number of aryl methyl sites for hydroxylation is 1. The molecule has 0 aliphatic heterocycles. The second kappa shape index (κ2) is 6.27. The van der Waals surface area contributed by atoms with Gasteiger partial charge in [0.1, 0.15) is 5.58 Å². The minimum atomic E-state index is -0.575. The third kappa shape index (κ3) is 2.79. The number of anilines is 1. The van der Waals surface area contributed by atoms with Crippen molar-refractivity contribution < 1.29 is 13.6 Å². The summed E-state index contributed by atoms with van der Waals surface area (Å²) in [4.78, 5) is 17.0. The van der Waals surface area contributed by atoms with Gasteiger partial charge in [0.05, 0.1) is 15.6 Å². The molecule has 0 unspecified atom stereocenters. The van der Waals surface area contributed by atoms with Crippen molar-refractivity contribution in [3.8, 4) is 11.1 Å². The summed E-state index contributed by atoms with van der Waals surface area (Å²) in [5.41, 5.74) is 2.84. The van der Waals surface area contributed by atoms with E-state index in [1.54, 1.807) is 24.4 Å². The molecule has 3 aromatic heterocycles. The van der Waals surface area contributed by atoms with Crippen LogP contribution < -0.4 is 5.32 Å². The van der Waals surface area contributed by atoms with Gasteiger partial charge >= 0.3 is 0 Å². The zero-order chi connectivity index (χ0) is 18.4. The quantitative estimate of drug-likeness (QED) is 0.472. The van der Waals surface area contributed by atoms with Crippen LogP contribution >= 0.6 is 23.2 Å². The van der Waals surface area contributed by atoms with E-state index in [1.165, 1.54) is 12.1 Å². The standard InChI is InChI=1S/C19H11Cl2FN2O2/c1-9-6-10(4-5-23-9)16-15-8-14(22)18(26-15)17(16)19(25)24-11-2-3-12(20)13(21)7-11/h2-8H,1H3,(H,24,25). The minimum Gasteiger partial charge on any atom is -0.453 e. The van der Waals surface area contributed by atoms with Crippen molar-refractivity contribution in [2.24, 2.45) is 0 Å². The third-order valence-corrected chi connectivity index (χ3v) is 4.74. The maximum Gasteiger partial charge on any atom is 0.260 e. The largest absolute Gasteiger partial charge is 0.453 e. The Kier molecular flexibility index (Phi) is 4.05. The van der Waals surface area contributed by atoms with E-state index in [4.69, 9.17) is 27.6 Å². The van der Waals surface area contributed by atoms with Crippen LogP contribution in [-0.2, 0) is 0 Å². The molecule has 0 aliphatic carbocycles. The Morgan fingerprint density at radius 1 is 1.15 bits per heavy atom. The predicted molar refractivity (Wildman–Crippen MR) is 99.7 cm³/mol. The van der Waals surface area contributed by atoms with E-state index in [1.807, 2.05) is 13.0 Å². The first-order valence-electron chi connectivity index (χ1n) is 7.68. The van der Waals surface area contributed by atoms with Crippen molar-refractivity contribution in [1.82, 2.24) is 4.98 Å². The molecule has 0 spiro atoms. The van der Waals surface area contributed by atoms with Gasteiger partial charge < -0.3 is 9.73 Å². The molecule has 7 heteroatoms. The van der Waals surface area contributed by atoms with Gasteiger partial charge in [-0.2, -0.15) is 0 Å². The van der Waals surface area contributed by atoms with Crippen LogP contribution in [0.15, 0.2) is 47.0 Å². The lowest BCUT2D eigenvalue weighted by atomic mass is 9.99. The summed E-state index contributed by atoms with van der Waals surface area (Å²) >= 11 is 11.9. The smallest absolute Gasteiger partial charge is 0.260 e. The van der Waals surface area contributed by atoms with Crippen molar-refractivity contribution in [2.75, 3.05) is 5.32 Å². The van der Waals surface area contributed by atoms with Gasteiger partial charge in [0.25, 0.3) is 5.91 Å². The fourth-order valence-corrected chi connectivity index (χ4v) is 3.17. The number of hydrogen-bond acceptors (Lipinski definition) is 3. The lowest BCUT2D eigenvalue weighted by Gasteiger charge is -2.09. The highest BCUT2D eigenvalue weighted by Crippen LogP contribution is 2.39. The molecular formula is C19H11Cl2FN2O2. The monoisotopic (exact) mass is 388 g/mol. The van der Waals surface area contributed by atoms with Gasteiger partial charge in [-0.25, -0.2) is 4.39 Å². The van der Waals surface area contributed by atoms with Crippen molar-refractivity contribution >= 4 is 46.0 Å². The molecule has 0 fully saturated rings. The lowest BCUT2D eigenvalue weighted by Crippen LogP contribution is -2.13. The van der Waals surface area contributed by atoms with Crippen LogP contribution in [0.1, 0.15) is 16.1 Å². The number of nitrogens with one attached hydrogen (secondary N) is 1. The highest BCUT2D eigenvalue weighted by molar-refractivity contribution is 6.42. The molecule has 0 radical (unpaired) electrons. The molecule has 4 nitrogen and oxygen atoms in total. The van der Waals surface area contributed by atoms with Crippen LogP contribution in [0.25, 0.3) is 22.3 Å². The average Bonchev–Trinajstić information content (AvgIpc) is 3.15. The van der Waals surface area contributed by atoms with Crippen molar-refractivity contribution in [2.45, 2.75) is 6.92 Å². The average molecular weight is 389 g/mol. The summed E-state index contributed by atoms with van der Waals surface area (Å²) in [6, 6.07) is 9.54. The number of carbonyl (C=O) groups excluding carboxylic acids is 1. The molecule has 1 amide bonds. The number of amides is 1. The summed E-state index contributed by atoms with van der Waals surface area (Å²) < 4.78 is 19.5. The van der Waals surface area contributed by atoms with Crippen LogP contribution in [0, 0.1) is 12.7 Å². The fourth-order valence-electron chi connectivity index (χ4n) is 2.87. The summed E-state index contributed by atoms with van der Waals surface area (Å²) in [6.07, 6.45) is 1.63. The summed E-state index contributed by atoms with van der Waals surface area (Å²) in [5, 5.41) is 3.39. The lowest BCUT2D eigenvalue weighted by molar-refractivity contribution is 0.102. The molecule has 1 N–H and O–H groups in total. The van der Waals surface area contributed by atoms with Crippen molar-refractivity contribution in [1.29, 1.82) is 0 Å². The predicted octanol–water partition coefficient (Wildman–Crippen LogP) is 5.94. The first-order valence-corrected chi connectivity index (χ1v) is 8.43. The van der Waals surface area contributed by atoms with E-state index in [0.717, 1.165) is 11.3 Å². The molecule has 0 atom stereocenters. The summed E-state index contributed by atoms with van der Waals surface area (Å²) in [5.74, 6) is -1.07. The molecule has 1 aromatic carbocycles. The maximum atomic E-state index is 14.1. The SMILES string of the molecule is Cc1cc(-c2c(C(=O)Nc3ccc(Cl)c(Cl)c3)c3oc2cc3F)ccn1. The number of hydrogen-bond donors (Lipinski definition) is 1. The number of rotatable bonds is 3. The molecule has 4 rings (SSSR count). The maximum absolute atomic E-state index is 14.1. The molecular weight excluding hydrogens is 378 g/mol. The molecule has 2 bridgehead atoms. The van der Waals surface area contributed by atoms with Gasteiger partial charge in [0, 0.05) is 29.2 Å². The Labute approximate surface area is 157 Å². The molecule has 0 saturated heterocycles. The number of aromatic nitrogens is 1. The number of halogens is 3. The minimum absolute atomic E-state index is 0.0815. The van der Waals surface area contributed by atoms with E-state index in [-0.39, 0.29) is 11.1 Å². The number of furan rings is 2. The Bertz CT molecular complexity index is 1140. The zero-order valence-corrected chi connectivity index (χ0v) is 15.0. The summed E-state index contributed by atoms with van der Waals surface area (Å²) in [6.45, 7) is 1.84. The highest BCUT2D eigenvalue weighted by Gasteiger charge is 2.28. The van der Waals surface area contributed by atoms with Crippen molar-refractivity contribution in [3.63, 3.8) is 0 Å². The second-order valence-corrected chi connectivity index (χ2v) is 6.62. The Morgan fingerprint density at radius 2 is 1.96 bits per heavy atom. The van der Waals surface area contributed by atoms with E-state index in [0.29, 0.717) is 26.9 Å². The number of carbonyl (C=O) groups is 1. The molecule has 0 saturated carbocycles. The Balaban J connectivity index is 1.79. The van der Waals surface area contributed by atoms with E-state index >= 15 is 0 Å². The van der Waals surface area contributed by atoms with Gasteiger partial charge in [0.15, 0.2) is 11.4 Å². The van der Waals surface area contributed by atoms with Gasteiger partial charge in [-0.1, -0.05) is 23.2 Å².